The Hall–Kier alpha value is -7.17. The highest BCUT2D eigenvalue weighted by atomic mass is 16.3. The molecule has 0 aliphatic heterocycles. The molecule has 264 valence electrons. The molecule has 0 radical (unpaired) electrons. The topological polar surface area (TPSA) is 51.8 Å². The predicted molar refractivity (Wildman–Crippen MR) is 228 cm³/mol. The smallest absolute Gasteiger partial charge is 0.165 e. The fourth-order valence-corrected chi connectivity index (χ4v) is 8.74. The van der Waals surface area contributed by atoms with Gasteiger partial charge >= 0.3 is 0 Å². The van der Waals surface area contributed by atoms with Crippen molar-refractivity contribution in [1.29, 1.82) is 0 Å². The quantitative estimate of drug-likeness (QED) is 0.178. The highest BCUT2D eigenvalue weighted by molar-refractivity contribution is 6.13. The van der Waals surface area contributed by atoms with Crippen LogP contribution in [-0.4, -0.2) is 15.0 Å². The van der Waals surface area contributed by atoms with Crippen molar-refractivity contribution in [3.63, 3.8) is 0 Å². The highest BCUT2D eigenvalue weighted by Gasteiger charge is 2.29. The van der Waals surface area contributed by atoms with Crippen LogP contribution in [0, 0.1) is 0 Å². The molecule has 10 aromatic rings. The van der Waals surface area contributed by atoms with Crippen LogP contribution in [0.4, 0.5) is 0 Å². The SMILES string of the molecule is c1ccc(-c2cccc(-c3nc(-c4ccccc4)nc(-c4c(C5CCc6cc7ccccc7cc6-c6ccccc65)ccc5oc6ccccc6c45)n3)c2)cc1. The molecule has 2 heterocycles. The number of fused-ring (bicyclic) bond motifs is 7. The summed E-state index contributed by atoms with van der Waals surface area (Å²) in [5.41, 5.74) is 13.2. The molecule has 0 spiro atoms. The first-order chi connectivity index (χ1) is 27.7. The van der Waals surface area contributed by atoms with Crippen LogP contribution in [0.1, 0.15) is 29.0 Å². The summed E-state index contributed by atoms with van der Waals surface area (Å²) in [6, 6.07) is 64.3. The van der Waals surface area contributed by atoms with Gasteiger partial charge in [0, 0.05) is 33.4 Å². The van der Waals surface area contributed by atoms with Crippen molar-refractivity contribution in [2.24, 2.45) is 0 Å². The van der Waals surface area contributed by atoms with Gasteiger partial charge in [-0.2, -0.15) is 0 Å². The van der Waals surface area contributed by atoms with Crippen molar-refractivity contribution in [2.45, 2.75) is 18.8 Å². The fourth-order valence-electron chi connectivity index (χ4n) is 8.74. The second-order valence-corrected chi connectivity index (χ2v) is 14.7. The number of para-hydroxylation sites is 1. The molecule has 0 saturated heterocycles. The number of hydrogen-bond acceptors (Lipinski definition) is 4. The molecule has 1 aliphatic carbocycles. The van der Waals surface area contributed by atoms with Gasteiger partial charge in [-0.15, -0.1) is 0 Å². The molecule has 11 rings (SSSR count). The normalized spacial score (nSPS) is 13.8. The lowest BCUT2D eigenvalue weighted by Crippen LogP contribution is -2.07. The van der Waals surface area contributed by atoms with Crippen LogP contribution in [-0.2, 0) is 6.42 Å². The molecule has 4 heteroatoms. The molecule has 1 atom stereocenters. The lowest BCUT2D eigenvalue weighted by molar-refractivity contribution is 0.668. The molecule has 0 fully saturated rings. The van der Waals surface area contributed by atoms with Gasteiger partial charge in [0.2, 0.25) is 0 Å². The molecule has 0 saturated carbocycles. The molecule has 2 aromatic heterocycles. The van der Waals surface area contributed by atoms with Crippen molar-refractivity contribution in [3.8, 4) is 56.4 Å². The average Bonchev–Trinajstić information content (AvgIpc) is 3.57. The van der Waals surface area contributed by atoms with Gasteiger partial charge in [-0.05, 0) is 86.8 Å². The van der Waals surface area contributed by atoms with Crippen LogP contribution < -0.4 is 0 Å². The summed E-state index contributed by atoms with van der Waals surface area (Å²) in [5.74, 6) is 1.96. The number of benzene rings is 8. The minimum absolute atomic E-state index is 0.0663. The van der Waals surface area contributed by atoms with Crippen LogP contribution in [0.5, 0.6) is 0 Å². The van der Waals surface area contributed by atoms with Gasteiger partial charge in [0.25, 0.3) is 0 Å². The minimum Gasteiger partial charge on any atom is -0.456 e. The molecule has 1 aliphatic rings. The first-order valence-electron chi connectivity index (χ1n) is 19.3. The third-order valence-electron chi connectivity index (χ3n) is 11.4. The molecule has 56 heavy (non-hydrogen) atoms. The highest BCUT2D eigenvalue weighted by Crippen LogP contribution is 2.48. The van der Waals surface area contributed by atoms with Crippen molar-refractivity contribution in [2.75, 3.05) is 0 Å². The maximum atomic E-state index is 6.57. The van der Waals surface area contributed by atoms with Crippen LogP contribution in [0.3, 0.4) is 0 Å². The third-order valence-corrected chi connectivity index (χ3v) is 11.4. The van der Waals surface area contributed by atoms with Crippen molar-refractivity contribution in [1.82, 2.24) is 15.0 Å². The minimum atomic E-state index is 0.0663. The molecule has 0 amide bonds. The third kappa shape index (κ3) is 5.49. The Labute approximate surface area is 324 Å². The zero-order valence-electron chi connectivity index (χ0n) is 30.6. The second kappa shape index (κ2) is 13.3. The Morgan fingerprint density at radius 3 is 1.91 bits per heavy atom. The van der Waals surface area contributed by atoms with E-state index in [0.717, 1.165) is 62.6 Å². The van der Waals surface area contributed by atoms with Crippen LogP contribution in [0.2, 0.25) is 0 Å². The van der Waals surface area contributed by atoms with E-state index in [1.165, 1.54) is 38.6 Å². The number of furan rings is 1. The summed E-state index contributed by atoms with van der Waals surface area (Å²) in [5, 5.41) is 4.60. The van der Waals surface area contributed by atoms with E-state index >= 15 is 0 Å². The van der Waals surface area contributed by atoms with Gasteiger partial charge in [-0.25, -0.2) is 15.0 Å². The van der Waals surface area contributed by atoms with Gasteiger partial charge in [0.05, 0.1) is 0 Å². The summed E-state index contributed by atoms with van der Waals surface area (Å²) in [7, 11) is 0. The maximum absolute atomic E-state index is 6.57. The van der Waals surface area contributed by atoms with Gasteiger partial charge in [0.15, 0.2) is 17.5 Å². The van der Waals surface area contributed by atoms with Crippen molar-refractivity contribution < 1.29 is 4.42 Å². The monoisotopic (exact) mass is 717 g/mol. The Balaban J connectivity index is 1.18. The summed E-state index contributed by atoms with van der Waals surface area (Å²) >= 11 is 0. The Bertz CT molecular complexity index is 3090. The van der Waals surface area contributed by atoms with Gasteiger partial charge in [-0.1, -0.05) is 158 Å². The Morgan fingerprint density at radius 1 is 0.429 bits per heavy atom. The van der Waals surface area contributed by atoms with Gasteiger partial charge in [-0.3, -0.25) is 0 Å². The second-order valence-electron chi connectivity index (χ2n) is 14.7. The van der Waals surface area contributed by atoms with Gasteiger partial charge < -0.3 is 4.42 Å². The largest absolute Gasteiger partial charge is 0.456 e. The predicted octanol–water partition coefficient (Wildman–Crippen LogP) is 13.3. The van der Waals surface area contributed by atoms with Crippen molar-refractivity contribution >= 4 is 32.7 Å². The van der Waals surface area contributed by atoms with Crippen LogP contribution >= 0.6 is 0 Å². The van der Waals surface area contributed by atoms with E-state index in [1.807, 2.05) is 36.4 Å². The maximum Gasteiger partial charge on any atom is 0.165 e. The number of rotatable bonds is 5. The molecule has 4 nitrogen and oxygen atoms in total. The Kier molecular flexibility index (Phi) is 7.66. The number of aryl methyl sites for hydroxylation is 1. The van der Waals surface area contributed by atoms with Crippen LogP contribution in [0.25, 0.3) is 89.1 Å². The molecule has 0 N–H and O–H groups in total. The van der Waals surface area contributed by atoms with E-state index < -0.39 is 0 Å². The zero-order chi connectivity index (χ0) is 37.0. The van der Waals surface area contributed by atoms with Crippen molar-refractivity contribution in [3.05, 3.63) is 199 Å². The zero-order valence-corrected chi connectivity index (χ0v) is 30.6. The van der Waals surface area contributed by atoms with E-state index in [1.54, 1.807) is 0 Å². The summed E-state index contributed by atoms with van der Waals surface area (Å²) < 4.78 is 6.57. The number of aromatic nitrogens is 3. The lowest BCUT2D eigenvalue weighted by atomic mass is 9.82. The molecule has 0 bridgehead atoms. The molecule has 1 unspecified atom stereocenters. The fraction of sp³-hybridized carbons (Fsp3) is 0.0577. The summed E-state index contributed by atoms with van der Waals surface area (Å²) in [4.78, 5) is 15.9. The molecule has 8 aromatic carbocycles. The number of nitrogens with zero attached hydrogens (tertiary/aromatic N) is 3. The van der Waals surface area contributed by atoms with E-state index in [9.17, 15) is 0 Å². The summed E-state index contributed by atoms with van der Waals surface area (Å²) in [6.45, 7) is 0. The first-order valence-corrected chi connectivity index (χ1v) is 19.3. The van der Waals surface area contributed by atoms with E-state index in [0.29, 0.717) is 17.5 Å². The average molecular weight is 718 g/mol. The van der Waals surface area contributed by atoms with E-state index in [2.05, 4.69) is 146 Å². The summed E-state index contributed by atoms with van der Waals surface area (Å²) in [6.07, 6.45) is 1.87. The van der Waals surface area contributed by atoms with E-state index in [-0.39, 0.29) is 5.92 Å². The number of hydrogen-bond donors (Lipinski definition) is 0. The van der Waals surface area contributed by atoms with Gasteiger partial charge in [0.1, 0.15) is 11.2 Å². The molecular weight excluding hydrogens is 683 g/mol. The van der Waals surface area contributed by atoms with Crippen LogP contribution in [0.15, 0.2) is 186 Å². The first kappa shape index (κ1) is 32.3. The Morgan fingerprint density at radius 2 is 1.07 bits per heavy atom. The molecular formula is C52H35N3O. The standard InChI is InChI=1S/C52H35N3O/c1-3-14-33(15-4-1)35-20-13-21-39(31-35)51-53-50(34-16-5-2-6-17-34)54-52(55-51)49-43(28-29-47-48(49)44-24-11-12-25-46(44)56-47)42-27-26-38-30-36-18-7-8-19-37(36)32-45(38)41-23-10-9-22-40(41)42/h1-25,28-32,42H,26-27H2. The lowest BCUT2D eigenvalue weighted by Gasteiger charge is -2.22. The van der Waals surface area contributed by atoms with E-state index in [4.69, 9.17) is 19.4 Å².